The zero-order valence-corrected chi connectivity index (χ0v) is 13.1. The van der Waals surface area contributed by atoms with Crippen LogP contribution in [-0.4, -0.2) is 42.3 Å². The van der Waals surface area contributed by atoms with E-state index < -0.39 is 16.1 Å². The average molecular weight is 302 g/mol. The molecule has 0 amide bonds. The fourth-order valence-corrected chi connectivity index (χ4v) is 4.64. The molecule has 1 atom stereocenters. The van der Waals surface area contributed by atoms with Crippen molar-refractivity contribution in [2.75, 3.05) is 12.3 Å². The number of nitrogens with zero attached hydrogens (tertiary/aromatic N) is 2. The second-order valence-corrected chi connectivity index (χ2v) is 7.68. The highest BCUT2D eigenvalue weighted by Crippen LogP contribution is 2.25. The highest BCUT2D eigenvalue weighted by atomic mass is 32.2. The molecule has 0 spiro atoms. The third-order valence-electron chi connectivity index (χ3n) is 3.72. The maximum atomic E-state index is 12.5. The molecule has 1 rings (SSSR count). The van der Waals surface area contributed by atoms with Gasteiger partial charge in [0.1, 0.15) is 0 Å². The van der Waals surface area contributed by atoms with Crippen LogP contribution in [0.3, 0.4) is 0 Å². The molecule has 0 saturated heterocycles. The van der Waals surface area contributed by atoms with E-state index in [4.69, 9.17) is 5.26 Å². The summed E-state index contributed by atoms with van der Waals surface area (Å²) in [7, 11) is -3.33. The van der Waals surface area contributed by atoms with E-state index in [1.54, 1.807) is 6.92 Å². The number of sulfonamides is 1. The van der Waals surface area contributed by atoms with Gasteiger partial charge in [-0.15, -0.1) is 0 Å². The van der Waals surface area contributed by atoms with Gasteiger partial charge in [-0.05, 0) is 32.6 Å². The van der Waals surface area contributed by atoms with Crippen LogP contribution >= 0.6 is 0 Å². The van der Waals surface area contributed by atoms with Gasteiger partial charge in [0.05, 0.1) is 17.9 Å². The molecular weight excluding hydrogens is 276 g/mol. The lowest BCUT2D eigenvalue weighted by Crippen LogP contribution is -2.45. The highest BCUT2D eigenvalue weighted by molar-refractivity contribution is 7.89. The topological polar surface area (TPSA) is 81.4 Å². The molecule has 0 aromatic heterocycles. The normalized spacial score (nSPS) is 18.9. The van der Waals surface area contributed by atoms with Crippen LogP contribution in [-0.2, 0) is 10.0 Å². The van der Waals surface area contributed by atoms with Crippen LogP contribution in [0.4, 0.5) is 0 Å². The van der Waals surface area contributed by atoms with Gasteiger partial charge in [0.25, 0.3) is 0 Å². The van der Waals surface area contributed by atoms with Crippen molar-refractivity contribution in [2.45, 2.75) is 70.4 Å². The maximum Gasteiger partial charge on any atom is 0.214 e. The van der Waals surface area contributed by atoms with E-state index in [9.17, 15) is 13.5 Å². The van der Waals surface area contributed by atoms with Gasteiger partial charge in [-0.1, -0.05) is 19.3 Å². The minimum Gasteiger partial charge on any atom is -0.392 e. The Balaban J connectivity index is 2.67. The predicted molar refractivity (Wildman–Crippen MR) is 78.5 cm³/mol. The first-order chi connectivity index (χ1) is 9.47. The molecule has 1 aliphatic rings. The summed E-state index contributed by atoms with van der Waals surface area (Å²) in [5.41, 5.74) is 0. The van der Waals surface area contributed by atoms with Crippen molar-refractivity contribution in [3.63, 3.8) is 0 Å². The minimum atomic E-state index is -3.33. The number of rotatable bonds is 8. The second-order valence-electron chi connectivity index (χ2n) is 5.64. The van der Waals surface area contributed by atoms with E-state index in [0.717, 1.165) is 25.7 Å². The summed E-state index contributed by atoms with van der Waals surface area (Å²) < 4.78 is 26.4. The van der Waals surface area contributed by atoms with Crippen molar-refractivity contribution in [1.82, 2.24) is 4.31 Å². The quantitative estimate of drug-likeness (QED) is 0.696. The molecule has 20 heavy (non-hydrogen) atoms. The van der Waals surface area contributed by atoms with Gasteiger partial charge in [-0.25, -0.2) is 8.42 Å². The van der Waals surface area contributed by atoms with Gasteiger partial charge in [-0.2, -0.15) is 9.57 Å². The van der Waals surface area contributed by atoms with E-state index in [-0.39, 0.29) is 18.3 Å². The van der Waals surface area contributed by atoms with Crippen molar-refractivity contribution < 1.29 is 13.5 Å². The Kier molecular flexibility index (Phi) is 7.49. The number of hydrogen-bond donors (Lipinski definition) is 1. The Morgan fingerprint density at radius 1 is 1.30 bits per heavy atom. The maximum absolute atomic E-state index is 12.5. The molecule has 116 valence electrons. The van der Waals surface area contributed by atoms with Crippen LogP contribution in [0, 0.1) is 11.3 Å². The van der Waals surface area contributed by atoms with Gasteiger partial charge >= 0.3 is 0 Å². The highest BCUT2D eigenvalue weighted by Gasteiger charge is 2.31. The molecule has 1 unspecified atom stereocenters. The summed E-state index contributed by atoms with van der Waals surface area (Å²) >= 11 is 0. The largest absolute Gasteiger partial charge is 0.392 e. The van der Waals surface area contributed by atoms with Crippen molar-refractivity contribution in [3.05, 3.63) is 0 Å². The molecule has 0 aromatic rings. The molecule has 1 saturated carbocycles. The van der Waals surface area contributed by atoms with Crippen LogP contribution < -0.4 is 0 Å². The first-order valence-electron chi connectivity index (χ1n) is 7.52. The Morgan fingerprint density at radius 3 is 2.50 bits per heavy atom. The Labute approximate surface area is 122 Å². The summed E-state index contributed by atoms with van der Waals surface area (Å²) in [6.45, 7) is 1.81. The first kappa shape index (κ1) is 17.4. The Hall–Kier alpha value is -0.640. The van der Waals surface area contributed by atoms with Gasteiger partial charge in [-0.3, -0.25) is 0 Å². The fraction of sp³-hybridized carbons (Fsp3) is 0.929. The molecule has 0 bridgehead atoms. The first-order valence-corrected chi connectivity index (χ1v) is 9.13. The minimum absolute atomic E-state index is 0.0410. The molecule has 0 radical (unpaired) electrons. The fourth-order valence-electron chi connectivity index (χ4n) is 2.72. The summed E-state index contributed by atoms with van der Waals surface area (Å²) in [5, 5.41) is 18.1. The number of aliphatic hydroxyl groups excluding tert-OH is 1. The standard InChI is InChI=1S/C14H26N2O3S/c1-13(17)12-16(14-8-4-2-5-9-14)20(18,19)11-7-3-6-10-15/h13-14,17H,2-9,11-12H2,1H3. The molecule has 0 aromatic carbocycles. The van der Waals surface area contributed by atoms with E-state index in [0.29, 0.717) is 19.3 Å². The third kappa shape index (κ3) is 5.78. The molecular formula is C14H26N2O3S. The summed E-state index contributed by atoms with van der Waals surface area (Å²) in [6.07, 6.45) is 5.95. The van der Waals surface area contributed by atoms with E-state index in [1.165, 1.54) is 10.7 Å². The predicted octanol–water partition coefficient (Wildman–Crippen LogP) is 2.03. The average Bonchev–Trinajstić information content (AvgIpc) is 2.42. The Morgan fingerprint density at radius 2 is 1.95 bits per heavy atom. The SMILES string of the molecule is CC(O)CN(C1CCCCC1)S(=O)(=O)CCCCC#N. The zero-order valence-electron chi connectivity index (χ0n) is 12.3. The molecule has 5 nitrogen and oxygen atoms in total. The number of aliphatic hydroxyl groups is 1. The lowest BCUT2D eigenvalue weighted by atomic mass is 9.95. The smallest absolute Gasteiger partial charge is 0.214 e. The number of unbranched alkanes of at least 4 members (excludes halogenated alkanes) is 2. The van der Waals surface area contributed by atoms with Crippen molar-refractivity contribution in [2.24, 2.45) is 0 Å². The lowest BCUT2D eigenvalue weighted by Gasteiger charge is -2.34. The van der Waals surface area contributed by atoms with Gasteiger partial charge < -0.3 is 5.11 Å². The number of hydrogen-bond acceptors (Lipinski definition) is 4. The Bertz CT molecular complexity index is 409. The van der Waals surface area contributed by atoms with E-state index in [1.807, 2.05) is 6.07 Å². The van der Waals surface area contributed by atoms with Crippen LogP contribution in [0.25, 0.3) is 0 Å². The van der Waals surface area contributed by atoms with Crippen molar-refractivity contribution in [1.29, 1.82) is 5.26 Å². The zero-order chi connectivity index (χ0) is 15.0. The van der Waals surface area contributed by atoms with E-state index in [2.05, 4.69) is 0 Å². The van der Waals surface area contributed by atoms with E-state index >= 15 is 0 Å². The van der Waals surface area contributed by atoms with Crippen molar-refractivity contribution in [3.8, 4) is 6.07 Å². The summed E-state index contributed by atoms with van der Waals surface area (Å²) in [5.74, 6) is 0.0812. The second kappa shape index (κ2) is 8.60. The van der Waals surface area contributed by atoms with Crippen LogP contribution in [0.5, 0.6) is 0 Å². The monoisotopic (exact) mass is 302 g/mol. The summed E-state index contributed by atoms with van der Waals surface area (Å²) in [6, 6.07) is 2.07. The molecule has 1 fully saturated rings. The molecule has 1 aliphatic carbocycles. The van der Waals surface area contributed by atoms with Crippen LogP contribution in [0.2, 0.25) is 0 Å². The molecule has 1 N–H and O–H groups in total. The number of nitriles is 1. The van der Waals surface area contributed by atoms with Crippen LogP contribution in [0.15, 0.2) is 0 Å². The molecule has 6 heteroatoms. The van der Waals surface area contributed by atoms with Gasteiger partial charge in [0.2, 0.25) is 10.0 Å². The van der Waals surface area contributed by atoms with Gasteiger partial charge in [0, 0.05) is 19.0 Å². The third-order valence-corrected chi connectivity index (χ3v) is 5.69. The lowest BCUT2D eigenvalue weighted by molar-refractivity contribution is 0.136. The molecule has 0 heterocycles. The van der Waals surface area contributed by atoms with Gasteiger partial charge in [0.15, 0.2) is 0 Å². The molecule has 0 aliphatic heterocycles. The summed E-state index contributed by atoms with van der Waals surface area (Å²) in [4.78, 5) is 0. The van der Waals surface area contributed by atoms with Crippen molar-refractivity contribution >= 4 is 10.0 Å². The van der Waals surface area contributed by atoms with Crippen LogP contribution in [0.1, 0.15) is 58.3 Å².